The Balaban J connectivity index is 2.28. The van der Waals surface area contributed by atoms with E-state index >= 15 is 0 Å². The minimum absolute atomic E-state index is 0.0754. The number of nitrogens with one attached hydrogen (secondary N) is 1. The highest BCUT2D eigenvalue weighted by atomic mass is 32.1. The van der Waals surface area contributed by atoms with E-state index in [1.54, 1.807) is 6.21 Å². The molecule has 0 amide bonds. The second-order valence-electron chi connectivity index (χ2n) is 3.32. The van der Waals surface area contributed by atoms with Gasteiger partial charge in [0.1, 0.15) is 4.88 Å². The van der Waals surface area contributed by atoms with Gasteiger partial charge in [-0.2, -0.15) is 0 Å². The molecule has 2 rings (SSSR count). The fourth-order valence-electron chi connectivity index (χ4n) is 1.26. The van der Waals surface area contributed by atoms with Crippen LogP contribution in [0.15, 0.2) is 29.3 Å². The number of nitrogens with zero attached hydrogens (tertiary/aromatic N) is 1. The molecular formula is C11H10N2OS2. The van der Waals surface area contributed by atoms with Crippen molar-refractivity contribution in [2.75, 3.05) is 0 Å². The van der Waals surface area contributed by atoms with Gasteiger partial charge in [0.15, 0.2) is 3.95 Å². The van der Waals surface area contributed by atoms with E-state index in [1.165, 1.54) is 11.3 Å². The van der Waals surface area contributed by atoms with Crippen LogP contribution in [0.5, 0.6) is 5.88 Å². The molecule has 1 heterocycles. The summed E-state index contributed by atoms with van der Waals surface area (Å²) in [5.41, 5.74) is 2.01. The molecule has 0 radical (unpaired) electrons. The Labute approximate surface area is 102 Å². The zero-order valence-electron chi connectivity index (χ0n) is 8.60. The number of hydrogen-bond donors (Lipinski definition) is 2. The average molecular weight is 250 g/mol. The van der Waals surface area contributed by atoms with E-state index in [2.05, 4.69) is 9.98 Å². The number of benzene rings is 1. The maximum absolute atomic E-state index is 9.46. The lowest BCUT2D eigenvalue weighted by atomic mass is 10.2. The highest BCUT2D eigenvalue weighted by Gasteiger charge is 2.00. The number of aryl methyl sites for hydroxylation is 1. The predicted molar refractivity (Wildman–Crippen MR) is 69.6 cm³/mol. The molecule has 0 saturated carbocycles. The van der Waals surface area contributed by atoms with Gasteiger partial charge in [-0.15, -0.1) is 0 Å². The number of aromatic hydroxyl groups is 1. The minimum Gasteiger partial charge on any atom is -0.494 e. The Bertz CT molecular complexity index is 584. The van der Waals surface area contributed by atoms with Crippen molar-refractivity contribution in [3.8, 4) is 5.88 Å². The number of thiazole rings is 1. The molecule has 1 aromatic carbocycles. The molecule has 0 aliphatic carbocycles. The number of H-pyrrole nitrogens is 1. The normalized spacial score (nSPS) is 11.1. The molecule has 2 N–H and O–H groups in total. The monoisotopic (exact) mass is 250 g/mol. The van der Waals surface area contributed by atoms with E-state index in [0.717, 1.165) is 11.3 Å². The Morgan fingerprint density at radius 2 is 2.31 bits per heavy atom. The van der Waals surface area contributed by atoms with Crippen LogP contribution in [0.25, 0.3) is 0 Å². The van der Waals surface area contributed by atoms with E-state index in [9.17, 15) is 5.11 Å². The largest absolute Gasteiger partial charge is 0.494 e. The van der Waals surface area contributed by atoms with Crippen LogP contribution in [0.4, 0.5) is 5.69 Å². The number of rotatable bonds is 2. The maximum atomic E-state index is 9.46. The highest BCUT2D eigenvalue weighted by Crippen LogP contribution is 2.20. The van der Waals surface area contributed by atoms with Crippen LogP contribution in [0, 0.1) is 10.9 Å². The molecule has 0 unspecified atom stereocenters. The third-order valence-electron chi connectivity index (χ3n) is 1.99. The number of aliphatic imine (C=N–C) groups is 1. The lowest BCUT2D eigenvalue weighted by Gasteiger charge is -1.94. The summed E-state index contributed by atoms with van der Waals surface area (Å²) in [5, 5.41) is 9.46. The van der Waals surface area contributed by atoms with Gasteiger partial charge in [-0.05, 0) is 36.8 Å². The van der Waals surface area contributed by atoms with Gasteiger partial charge >= 0.3 is 0 Å². The molecule has 82 valence electrons. The van der Waals surface area contributed by atoms with Crippen LogP contribution in [0.2, 0.25) is 0 Å². The maximum Gasteiger partial charge on any atom is 0.209 e. The summed E-state index contributed by atoms with van der Waals surface area (Å²) < 4.78 is 0.545. The lowest BCUT2D eigenvalue weighted by Crippen LogP contribution is -1.75. The molecule has 0 bridgehead atoms. The van der Waals surface area contributed by atoms with Gasteiger partial charge in [-0.3, -0.25) is 4.99 Å². The molecule has 0 spiro atoms. The third kappa shape index (κ3) is 2.56. The second kappa shape index (κ2) is 4.59. The SMILES string of the molecule is Cc1cccc(N=Cc2sc(=S)[nH]c2O)c1. The number of hydrogen-bond acceptors (Lipinski definition) is 4. The van der Waals surface area contributed by atoms with Gasteiger partial charge in [-0.1, -0.05) is 23.5 Å². The number of aromatic nitrogens is 1. The molecule has 0 atom stereocenters. The van der Waals surface area contributed by atoms with Gasteiger partial charge in [0.25, 0.3) is 0 Å². The van der Waals surface area contributed by atoms with Gasteiger partial charge in [0.2, 0.25) is 5.88 Å². The van der Waals surface area contributed by atoms with E-state index < -0.39 is 0 Å². The quantitative estimate of drug-likeness (QED) is 0.632. The molecular weight excluding hydrogens is 240 g/mol. The molecule has 0 fully saturated rings. The van der Waals surface area contributed by atoms with E-state index in [0.29, 0.717) is 8.83 Å². The van der Waals surface area contributed by atoms with Crippen LogP contribution in [-0.2, 0) is 0 Å². The topological polar surface area (TPSA) is 48.4 Å². The molecule has 0 aliphatic rings. The van der Waals surface area contributed by atoms with Gasteiger partial charge < -0.3 is 10.1 Å². The van der Waals surface area contributed by atoms with E-state index in [-0.39, 0.29) is 5.88 Å². The third-order valence-corrected chi connectivity index (χ3v) is 3.15. The molecule has 16 heavy (non-hydrogen) atoms. The van der Waals surface area contributed by atoms with Crippen molar-refractivity contribution in [1.29, 1.82) is 0 Å². The van der Waals surface area contributed by atoms with Crippen LogP contribution in [0.3, 0.4) is 0 Å². The van der Waals surface area contributed by atoms with Crippen molar-refractivity contribution >= 4 is 35.5 Å². The second-order valence-corrected chi connectivity index (χ2v) is 5.04. The van der Waals surface area contributed by atoms with E-state index in [1.807, 2.05) is 31.2 Å². The first-order valence-electron chi connectivity index (χ1n) is 4.68. The van der Waals surface area contributed by atoms with Gasteiger partial charge in [-0.25, -0.2) is 0 Å². The summed E-state index contributed by atoms with van der Waals surface area (Å²) >= 11 is 6.21. The van der Waals surface area contributed by atoms with Crippen LogP contribution in [0.1, 0.15) is 10.4 Å². The Kier molecular flexibility index (Phi) is 3.17. The van der Waals surface area contributed by atoms with Gasteiger partial charge in [0, 0.05) is 0 Å². The Morgan fingerprint density at radius 3 is 2.94 bits per heavy atom. The van der Waals surface area contributed by atoms with Crippen molar-refractivity contribution < 1.29 is 5.11 Å². The van der Waals surface area contributed by atoms with Crippen molar-refractivity contribution in [2.24, 2.45) is 4.99 Å². The number of aromatic amines is 1. The van der Waals surface area contributed by atoms with Crippen molar-refractivity contribution in [1.82, 2.24) is 4.98 Å². The van der Waals surface area contributed by atoms with Gasteiger partial charge in [0.05, 0.1) is 11.9 Å². The first-order valence-corrected chi connectivity index (χ1v) is 5.90. The fraction of sp³-hybridized carbons (Fsp3) is 0.0909. The molecule has 3 nitrogen and oxygen atoms in total. The van der Waals surface area contributed by atoms with Crippen molar-refractivity contribution in [3.63, 3.8) is 0 Å². The molecule has 0 saturated heterocycles. The first kappa shape index (κ1) is 11.0. The van der Waals surface area contributed by atoms with Crippen LogP contribution < -0.4 is 0 Å². The Morgan fingerprint density at radius 1 is 1.50 bits per heavy atom. The van der Waals surface area contributed by atoms with Crippen molar-refractivity contribution in [2.45, 2.75) is 6.92 Å². The summed E-state index contributed by atoms with van der Waals surface area (Å²) in [7, 11) is 0. The predicted octanol–water partition coefficient (Wildman–Crippen LogP) is 3.57. The zero-order valence-corrected chi connectivity index (χ0v) is 10.2. The molecule has 2 aromatic rings. The summed E-state index contributed by atoms with van der Waals surface area (Å²) in [6.45, 7) is 2.01. The molecule has 0 aliphatic heterocycles. The highest BCUT2D eigenvalue weighted by molar-refractivity contribution is 7.73. The van der Waals surface area contributed by atoms with Crippen molar-refractivity contribution in [3.05, 3.63) is 38.7 Å². The minimum atomic E-state index is 0.0754. The fourth-order valence-corrected chi connectivity index (χ4v) is 2.23. The lowest BCUT2D eigenvalue weighted by molar-refractivity contribution is 0.456. The summed E-state index contributed by atoms with van der Waals surface area (Å²) in [5.74, 6) is 0.0754. The molecule has 1 aromatic heterocycles. The van der Waals surface area contributed by atoms with Crippen LogP contribution in [-0.4, -0.2) is 16.3 Å². The summed E-state index contributed by atoms with van der Waals surface area (Å²) in [4.78, 5) is 7.57. The van der Waals surface area contributed by atoms with Crippen LogP contribution >= 0.6 is 23.6 Å². The Hall–Kier alpha value is -1.46. The van der Waals surface area contributed by atoms with E-state index in [4.69, 9.17) is 12.2 Å². The smallest absolute Gasteiger partial charge is 0.209 e. The molecule has 5 heteroatoms. The first-order chi connectivity index (χ1) is 7.65. The summed E-state index contributed by atoms with van der Waals surface area (Å²) in [6.07, 6.45) is 1.61. The summed E-state index contributed by atoms with van der Waals surface area (Å²) in [6, 6.07) is 7.84. The zero-order chi connectivity index (χ0) is 11.5. The standard InChI is InChI=1S/C11H10N2OS2/c1-7-3-2-4-8(5-7)12-6-9-10(14)13-11(15)16-9/h2-6,14H,1H3,(H,13,15). The average Bonchev–Trinajstić information content (AvgIpc) is 2.54.